The second kappa shape index (κ2) is 4.99. The van der Waals surface area contributed by atoms with Crippen LogP contribution in [0.25, 0.3) is 54.4 Å². The van der Waals surface area contributed by atoms with Crippen molar-refractivity contribution in [2.45, 2.75) is 0 Å². The van der Waals surface area contributed by atoms with Gasteiger partial charge in [0, 0.05) is 21.5 Å². The minimum atomic E-state index is 1.03. The molecular weight excluding hydrogens is 316 g/mol. The molecule has 0 saturated heterocycles. The molecule has 6 rings (SSSR count). The predicted octanol–water partition coefficient (Wildman–Crippen LogP) is 6.24. The van der Waals surface area contributed by atoms with Gasteiger partial charge in [0.15, 0.2) is 0 Å². The number of fused-ring (bicyclic) bond motifs is 7. The van der Waals surface area contributed by atoms with E-state index in [-0.39, 0.29) is 0 Å². The van der Waals surface area contributed by atoms with Crippen LogP contribution in [0, 0.1) is 0 Å². The van der Waals surface area contributed by atoms with Gasteiger partial charge in [-0.05, 0) is 47.2 Å². The van der Waals surface area contributed by atoms with Gasteiger partial charge in [0.25, 0.3) is 0 Å². The lowest BCUT2D eigenvalue weighted by Gasteiger charge is -2.09. The number of aromatic nitrogens is 2. The first-order valence-corrected chi connectivity index (χ1v) is 8.78. The Kier molecular flexibility index (Phi) is 2.64. The Balaban J connectivity index is 1.80. The summed E-state index contributed by atoms with van der Waals surface area (Å²) in [6.07, 6.45) is 0. The number of hydrogen-bond donors (Lipinski definition) is 0. The van der Waals surface area contributed by atoms with Crippen LogP contribution in [0.5, 0.6) is 0 Å². The summed E-state index contributed by atoms with van der Waals surface area (Å²) in [5.41, 5.74) is 4.13. The van der Waals surface area contributed by atoms with Crippen LogP contribution in [0.1, 0.15) is 0 Å². The van der Waals surface area contributed by atoms with Gasteiger partial charge >= 0.3 is 0 Å². The average molecular weight is 330 g/mol. The van der Waals surface area contributed by atoms with Gasteiger partial charge < -0.3 is 0 Å². The van der Waals surface area contributed by atoms with Crippen molar-refractivity contribution in [3.63, 3.8) is 0 Å². The maximum atomic E-state index is 4.84. The second-order valence-corrected chi connectivity index (χ2v) is 6.72. The number of benzene rings is 4. The van der Waals surface area contributed by atoms with Crippen LogP contribution in [0.2, 0.25) is 0 Å². The Morgan fingerprint density at radius 1 is 0.385 bits per heavy atom. The number of hydrogen-bond acceptors (Lipinski definition) is 2. The van der Waals surface area contributed by atoms with Gasteiger partial charge in [-0.2, -0.15) is 0 Å². The largest absolute Gasteiger partial charge is 0.248 e. The molecule has 120 valence electrons. The third-order valence-electron chi connectivity index (χ3n) is 5.19. The fraction of sp³-hybridized carbons (Fsp3) is 0. The molecule has 0 aliphatic carbocycles. The summed E-state index contributed by atoms with van der Waals surface area (Å²) in [6, 6.07) is 29.7. The first-order chi connectivity index (χ1) is 12.9. The molecule has 2 aromatic heterocycles. The maximum absolute atomic E-state index is 4.84. The summed E-state index contributed by atoms with van der Waals surface area (Å²) >= 11 is 0. The van der Waals surface area contributed by atoms with E-state index >= 15 is 0 Å². The van der Waals surface area contributed by atoms with Crippen molar-refractivity contribution in [2.24, 2.45) is 0 Å². The van der Waals surface area contributed by atoms with E-state index in [1.54, 1.807) is 0 Å². The van der Waals surface area contributed by atoms with Gasteiger partial charge in [-0.1, -0.05) is 48.5 Å². The zero-order chi connectivity index (χ0) is 17.1. The van der Waals surface area contributed by atoms with E-state index in [4.69, 9.17) is 9.97 Å². The molecule has 2 heteroatoms. The third kappa shape index (κ3) is 1.87. The van der Waals surface area contributed by atoms with E-state index in [2.05, 4.69) is 72.8 Å². The van der Waals surface area contributed by atoms with E-state index in [1.807, 2.05) is 12.1 Å². The van der Waals surface area contributed by atoms with Gasteiger partial charge in [0.2, 0.25) is 0 Å². The highest BCUT2D eigenvalue weighted by Gasteiger charge is 2.08. The molecule has 2 nitrogen and oxygen atoms in total. The van der Waals surface area contributed by atoms with Crippen molar-refractivity contribution < 1.29 is 0 Å². The van der Waals surface area contributed by atoms with Gasteiger partial charge in [-0.15, -0.1) is 0 Å². The van der Waals surface area contributed by atoms with E-state index < -0.39 is 0 Å². The summed E-state index contributed by atoms with van der Waals surface area (Å²) in [4.78, 5) is 9.68. The molecule has 0 N–H and O–H groups in total. The third-order valence-corrected chi connectivity index (χ3v) is 5.19. The van der Waals surface area contributed by atoms with Gasteiger partial charge in [-0.3, -0.25) is 0 Å². The average Bonchev–Trinajstić information content (AvgIpc) is 2.70. The van der Waals surface area contributed by atoms with E-state index in [0.717, 1.165) is 22.1 Å². The maximum Gasteiger partial charge on any atom is 0.0716 e. The molecule has 4 aromatic carbocycles. The van der Waals surface area contributed by atoms with E-state index in [0.29, 0.717) is 0 Å². The van der Waals surface area contributed by atoms with Gasteiger partial charge in [0.05, 0.1) is 22.1 Å². The van der Waals surface area contributed by atoms with Crippen LogP contribution < -0.4 is 0 Å². The second-order valence-electron chi connectivity index (χ2n) is 6.72. The summed E-state index contributed by atoms with van der Waals surface area (Å²) in [5.74, 6) is 0. The van der Waals surface area contributed by atoms with E-state index in [1.165, 1.54) is 32.3 Å². The topological polar surface area (TPSA) is 25.8 Å². The first-order valence-electron chi connectivity index (χ1n) is 8.78. The number of rotatable bonds is 0. The molecule has 0 saturated carbocycles. The zero-order valence-corrected chi connectivity index (χ0v) is 14.0. The molecule has 0 spiro atoms. The van der Waals surface area contributed by atoms with Crippen LogP contribution in [-0.4, -0.2) is 9.97 Å². The molecule has 0 radical (unpaired) electrons. The fourth-order valence-corrected chi connectivity index (χ4v) is 3.92. The predicted molar refractivity (Wildman–Crippen MR) is 110 cm³/mol. The normalized spacial score (nSPS) is 11.8. The lowest BCUT2D eigenvalue weighted by atomic mass is 9.99. The molecule has 0 aliphatic heterocycles. The van der Waals surface area contributed by atoms with Gasteiger partial charge in [0.1, 0.15) is 0 Å². The lowest BCUT2D eigenvalue weighted by molar-refractivity contribution is 1.50. The number of pyridine rings is 2. The molecule has 6 aromatic rings. The highest BCUT2D eigenvalue weighted by molar-refractivity contribution is 6.18. The fourth-order valence-electron chi connectivity index (χ4n) is 3.92. The van der Waals surface area contributed by atoms with Gasteiger partial charge in [-0.25, -0.2) is 9.97 Å². The Bertz CT molecular complexity index is 1370. The van der Waals surface area contributed by atoms with Crippen molar-refractivity contribution in [1.82, 2.24) is 9.97 Å². The SMILES string of the molecule is c1ccc2nc3ccc4c5cc6ccccc6nc5ccc4c3cc2c1. The monoisotopic (exact) mass is 330 g/mol. The molecule has 0 unspecified atom stereocenters. The molecule has 0 fully saturated rings. The Morgan fingerprint density at radius 2 is 0.846 bits per heavy atom. The molecule has 0 aliphatic rings. The first kappa shape index (κ1) is 13.7. The van der Waals surface area contributed by atoms with E-state index in [9.17, 15) is 0 Å². The van der Waals surface area contributed by atoms with Crippen LogP contribution in [-0.2, 0) is 0 Å². The minimum Gasteiger partial charge on any atom is -0.248 e. The molecule has 0 atom stereocenters. The summed E-state index contributed by atoms with van der Waals surface area (Å²) in [7, 11) is 0. The summed E-state index contributed by atoms with van der Waals surface area (Å²) in [6.45, 7) is 0. The Morgan fingerprint density at radius 3 is 1.35 bits per heavy atom. The zero-order valence-electron chi connectivity index (χ0n) is 14.0. The molecular formula is C24H14N2. The molecule has 0 amide bonds. The summed E-state index contributed by atoms with van der Waals surface area (Å²) in [5, 5.41) is 7.18. The standard InChI is InChI=1S/C24H14N2/c1-3-7-21-15(5-1)13-19-17-9-12-24-20(18(17)10-11-23(19)25-21)14-16-6-2-4-8-22(16)26-24/h1-14H. The summed E-state index contributed by atoms with van der Waals surface area (Å²) < 4.78 is 0. The molecule has 0 bridgehead atoms. The van der Waals surface area contributed by atoms with Crippen LogP contribution in [0.15, 0.2) is 84.9 Å². The van der Waals surface area contributed by atoms with Crippen molar-refractivity contribution in [1.29, 1.82) is 0 Å². The molecule has 2 heterocycles. The number of nitrogens with zero attached hydrogens (tertiary/aromatic N) is 2. The van der Waals surface area contributed by atoms with Crippen LogP contribution in [0.4, 0.5) is 0 Å². The highest BCUT2D eigenvalue weighted by Crippen LogP contribution is 2.33. The van der Waals surface area contributed by atoms with Crippen molar-refractivity contribution in [3.05, 3.63) is 84.9 Å². The quantitative estimate of drug-likeness (QED) is 0.243. The Labute approximate surface area is 149 Å². The van der Waals surface area contributed by atoms with Crippen molar-refractivity contribution >= 4 is 54.4 Å². The Hall–Kier alpha value is -3.52. The lowest BCUT2D eigenvalue weighted by Crippen LogP contribution is -1.87. The smallest absolute Gasteiger partial charge is 0.0716 e. The van der Waals surface area contributed by atoms with Crippen LogP contribution in [0.3, 0.4) is 0 Å². The number of para-hydroxylation sites is 2. The van der Waals surface area contributed by atoms with Crippen molar-refractivity contribution in [3.8, 4) is 0 Å². The highest BCUT2D eigenvalue weighted by atomic mass is 14.7. The van der Waals surface area contributed by atoms with Crippen molar-refractivity contribution in [2.75, 3.05) is 0 Å². The minimum absolute atomic E-state index is 1.03. The van der Waals surface area contributed by atoms with Crippen LogP contribution >= 0.6 is 0 Å². The molecule has 26 heavy (non-hydrogen) atoms.